The second-order valence-electron chi connectivity index (χ2n) is 9.58. The van der Waals surface area contributed by atoms with E-state index < -0.39 is 12.8 Å². The van der Waals surface area contributed by atoms with Gasteiger partial charge in [0.25, 0.3) is 0 Å². The van der Waals surface area contributed by atoms with Gasteiger partial charge in [0.1, 0.15) is 0 Å². The van der Waals surface area contributed by atoms with Gasteiger partial charge in [-0.2, -0.15) is 0 Å². The molecule has 0 aliphatic carbocycles. The van der Waals surface area contributed by atoms with Crippen molar-refractivity contribution < 1.29 is 10.0 Å². The maximum absolute atomic E-state index is 9.40. The van der Waals surface area contributed by atoms with E-state index in [4.69, 9.17) is 4.99 Å². The second-order valence-corrected chi connectivity index (χ2v) is 9.58. The van der Waals surface area contributed by atoms with Crippen LogP contribution in [-0.4, -0.2) is 23.4 Å². The van der Waals surface area contributed by atoms with Crippen molar-refractivity contribution in [3.05, 3.63) is 156 Å². The minimum atomic E-state index is -1.47. The minimum absolute atomic E-state index is 0.468. The molecule has 5 aromatic rings. The first kappa shape index (κ1) is 24.6. The monoisotopic (exact) mass is 506 g/mol. The normalized spacial score (nSPS) is 16.3. The molecule has 6 rings (SSSR count). The standard InChI is InChI=1S/C34H27BN2O2/c38-35(39)32-21-17-28(18-22-32)27-15-19-31(20-16-27)34(30-9-5-2-6-10-30)36-24-23-33(37-34)29-13-11-26(12-14-29)25-7-3-1-4-8-25/h1-24,37-39H. The van der Waals surface area contributed by atoms with Gasteiger partial charge in [-0.05, 0) is 39.4 Å². The summed E-state index contributed by atoms with van der Waals surface area (Å²) in [5.41, 5.74) is 8.23. The summed E-state index contributed by atoms with van der Waals surface area (Å²) in [4.78, 5) is 5.01. The average molecular weight is 506 g/mol. The van der Waals surface area contributed by atoms with Crippen molar-refractivity contribution in [2.45, 2.75) is 5.66 Å². The molecule has 0 spiro atoms. The van der Waals surface area contributed by atoms with Crippen molar-refractivity contribution >= 4 is 24.5 Å². The van der Waals surface area contributed by atoms with E-state index in [1.54, 1.807) is 12.1 Å². The highest BCUT2D eigenvalue weighted by Crippen LogP contribution is 2.37. The lowest BCUT2D eigenvalue weighted by Gasteiger charge is -2.36. The molecule has 1 aliphatic rings. The van der Waals surface area contributed by atoms with Crippen molar-refractivity contribution in [1.29, 1.82) is 0 Å². The zero-order valence-electron chi connectivity index (χ0n) is 21.3. The van der Waals surface area contributed by atoms with Crippen LogP contribution >= 0.6 is 0 Å². The topological polar surface area (TPSA) is 64.8 Å². The average Bonchev–Trinajstić information content (AvgIpc) is 3.02. The van der Waals surface area contributed by atoms with Gasteiger partial charge in [0.2, 0.25) is 0 Å². The molecule has 0 bridgehead atoms. The number of allylic oxidation sites excluding steroid dienone is 1. The molecule has 4 nitrogen and oxygen atoms in total. The van der Waals surface area contributed by atoms with Crippen LogP contribution in [0, 0.1) is 0 Å². The summed E-state index contributed by atoms with van der Waals surface area (Å²) in [7, 11) is -1.47. The van der Waals surface area contributed by atoms with Crippen LogP contribution in [0.3, 0.4) is 0 Å². The molecule has 0 amide bonds. The first-order valence-corrected chi connectivity index (χ1v) is 12.9. The second kappa shape index (κ2) is 10.6. The molecular weight excluding hydrogens is 479 g/mol. The molecule has 1 atom stereocenters. The summed E-state index contributed by atoms with van der Waals surface area (Å²) in [5, 5.41) is 22.6. The number of aliphatic imine (C=N–C) groups is 1. The van der Waals surface area contributed by atoms with E-state index in [2.05, 4.69) is 90.2 Å². The highest BCUT2D eigenvalue weighted by atomic mass is 16.4. The summed E-state index contributed by atoms with van der Waals surface area (Å²) >= 11 is 0. The van der Waals surface area contributed by atoms with E-state index in [1.807, 2.05) is 48.7 Å². The molecule has 188 valence electrons. The predicted octanol–water partition coefficient (Wildman–Crippen LogP) is 5.62. The first-order valence-electron chi connectivity index (χ1n) is 12.9. The fraction of sp³-hybridized carbons (Fsp3) is 0.0294. The third-order valence-corrected chi connectivity index (χ3v) is 7.16. The lowest BCUT2D eigenvalue weighted by molar-refractivity contribution is 0.426. The van der Waals surface area contributed by atoms with E-state index in [0.29, 0.717) is 5.46 Å². The molecule has 5 heteroatoms. The third-order valence-electron chi connectivity index (χ3n) is 7.16. The SMILES string of the molecule is OB(O)c1ccc(-c2ccc(C3(c4ccccc4)N=CC=C(c4ccc(-c5ccccc5)cc4)N3)cc2)cc1. The van der Waals surface area contributed by atoms with Gasteiger partial charge in [-0.25, -0.2) is 0 Å². The smallest absolute Gasteiger partial charge is 0.423 e. The van der Waals surface area contributed by atoms with Crippen LogP contribution in [0.25, 0.3) is 28.0 Å². The predicted molar refractivity (Wildman–Crippen MR) is 160 cm³/mol. The van der Waals surface area contributed by atoms with Gasteiger partial charge in [0.05, 0.1) is 0 Å². The Morgan fingerprint density at radius 3 is 1.56 bits per heavy atom. The molecule has 5 aromatic carbocycles. The van der Waals surface area contributed by atoms with Crippen LogP contribution < -0.4 is 10.8 Å². The third kappa shape index (κ3) is 4.93. The number of hydrogen-bond donors (Lipinski definition) is 3. The molecule has 1 unspecified atom stereocenters. The number of hydrogen-bond acceptors (Lipinski definition) is 4. The van der Waals surface area contributed by atoms with Crippen LogP contribution in [0.4, 0.5) is 0 Å². The Morgan fingerprint density at radius 1 is 0.513 bits per heavy atom. The van der Waals surface area contributed by atoms with Crippen molar-refractivity contribution in [2.24, 2.45) is 4.99 Å². The lowest BCUT2D eigenvalue weighted by atomic mass is 9.80. The number of rotatable bonds is 6. The van der Waals surface area contributed by atoms with Gasteiger partial charge in [0, 0.05) is 23.0 Å². The van der Waals surface area contributed by atoms with Crippen LogP contribution in [-0.2, 0) is 5.66 Å². The van der Waals surface area contributed by atoms with Crippen LogP contribution in [0.1, 0.15) is 16.7 Å². The largest absolute Gasteiger partial charge is 0.488 e. The van der Waals surface area contributed by atoms with E-state index in [9.17, 15) is 10.0 Å². The van der Waals surface area contributed by atoms with Gasteiger partial charge >= 0.3 is 7.12 Å². The van der Waals surface area contributed by atoms with Gasteiger partial charge in [-0.15, -0.1) is 0 Å². The Kier molecular flexibility index (Phi) is 6.68. The molecule has 0 saturated heterocycles. The quantitative estimate of drug-likeness (QED) is 0.262. The zero-order valence-corrected chi connectivity index (χ0v) is 21.3. The van der Waals surface area contributed by atoms with Crippen molar-refractivity contribution in [2.75, 3.05) is 0 Å². The molecule has 1 heterocycles. The van der Waals surface area contributed by atoms with E-state index in [1.165, 1.54) is 11.1 Å². The van der Waals surface area contributed by atoms with Gasteiger partial charge in [0.15, 0.2) is 5.66 Å². The molecule has 0 saturated carbocycles. The fourth-order valence-electron chi connectivity index (χ4n) is 5.02. The molecule has 0 aromatic heterocycles. The minimum Gasteiger partial charge on any atom is -0.423 e. The van der Waals surface area contributed by atoms with E-state index >= 15 is 0 Å². The van der Waals surface area contributed by atoms with E-state index in [-0.39, 0.29) is 0 Å². The lowest BCUT2D eigenvalue weighted by Crippen LogP contribution is -2.42. The Labute approximate surface area is 228 Å². The summed E-state index contributed by atoms with van der Waals surface area (Å²) in [6, 6.07) is 44.8. The van der Waals surface area contributed by atoms with Crippen molar-refractivity contribution in [1.82, 2.24) is 5.32 Å². The maximum Gasteiger partial charge on any atom is 0.488 e. The zero-order chi connectivity index (χ0) is 26.7. The molecular formula is C34H27BN2O2. The van der Waals surface area contributed by atoms with Crippen LogP contribution in [0.15, 0.2) is 145 Å². The summed E-state index contributed by atoms with van der Waals surface area (Å²) in [5.74, 6) is 0. The molecule has 39 heavy (non-hydrogen) atoms. The molecule has 0 radical (unpaired) electrons. The molecule has 0 fully saturated rings. The fourth-order valence-corrected chi connectivity index (χ4v) is 5.02. The van der Waals surface area contributed by atoms with Crippen molar-refractivity contribution in [3.8, 4) is 22.3 Å². The van der Waals surface area contributed by atoms with Gasteiger partial charge in [-0.3, -0.25) is 4.99 Å². The number of nitrogens with zero attached hydrogens (tertiary/aromatic N) is 1. The molecule has 1 aliphatic heterocycles. The molecule has 3 N–H and O–H groups in total. The Morgan fingerprint density at radius 2 is 0.974 bits per heavy atom. The number of benzene rings is 5. The Balaban J connectivity index is 1.33. The first-order chi connectivity index (χ1) is 19.1. The maximum atomic E-state index is 9.40. The highest BCUT2D eigenvalue weighted by molar-refractivity contribution is 6.58. The van der Waals surface area contributed by atoms with Crippen LogP contribution in [0.2, 0.25) is 0 Å². The summed E-state index contributed by atoms with van der Waals surface area (Å²) < 4.78 is 0. The van der Waals surface area contributed by atoms with Crippen LogP contribution in [0.5, 0.6) is 0 Å². The summed E-state index contributed by atoms with van der Waals surface area (Å²) in [6.07, 6.45) is 3.90. The highest BCUT2D eigenvalue weighted by Gasteiger charge is 2.35. The Hall–Kier alpha value is -4.71. The number of nitrogens with one attached hydrogen (secondary N) is 1. The summed E-state index contributed by atoms with van der Waals surface area (Å²) in [6.45, 7) is 0. The van der Waals surface area contributed by atoms with Gasteiger partial charge < -0.3 is 15.4 Å². The van der Waals surface area contributed by atoms with Gasteiger partial charge in [-0.1, -0.05) is 133 Å². The van der Waals surface area contributed by atoms with E-state index in [0.717, 1.165) is 33.5 Å². The Bertz CT molecular complexity index is 1610. The van der Waals surface area contributed by atoms with Crippen molar-refractivity contribution in [3.63, 3.8) is 0 Å².